The average molecular weight is 122 g/mol. The maximum atomic E-state index is 1.83. The van der Waals surface area contributed by atoms with Gasteiger partial charge in [0, 0.05) is 0 Å². The van der Waals surface area contributed by atoms with Gasteiger partial charge in [-0.3, -0.25) is 0 Å². The third-order valence-corrected chi connectivity index (χ3v) is 2.66. The van der Waals surface area contributed by atoms with Crippen LogP contribution in [0.3, 0.4) is 0 Å². The van der Waals surface area contributed by atoms with E-state index in [2.05, 4.69) is 0 Å². The third kappa shape index (κ3) is 0.910. The number of hydrogen-bond donors (Lipinski definition) is 0. The lowest BCUT2D eigenvalue weighted by Crippen LogP contribution is -1.99. The van der Waals surface area contributed by atoms with Gasteiger partial charge in [0.25, 0.3) is 0 Å². The summed E-state index contributed by atoms with van der Waals surface area (Å²) in [4.78, 5) is 0. The highest BCUT2D eigenvalue weighted by molar-refractivity contribution is 5.21. The molecule has 2 saturated carbocycles. The Morgan fingerprint density at radius 1 is 0.556 bits per heavy atom. The summed E-state index contributed by atoms with van der Waals surface area (Å²) < 4.78 is 0. The summed E-state index contributed by atoms with van der Waals surface area (Å²) >= 11 is 0. The summed E-state index contributed by atoms with van der Waals surface area (Å²) in [5, 5.41) is 0. The predicted octanol–water partition coefficient (Wildman–Crippen LogP) is 3.04. The van der Waals surface area contributed by atoms with Crippen molar-refractivity contribution in [3.8, 4) is 0 Å². The van der Waals surface area contributed by atoms with E-state index in [1.807, 2.05) is 11.1 Å². The fourth-order valence-corrected chi connectivity index (χ4v) is 1.86. The van der Waals surface area contributed by atoms with Crippen molar-refractivity contribution in [1.82, 2.24) is 0 Å². The van der Waals surface area contributed by atoms with E-state index in [0.717, 1.165) is 0 Å². The number of rotatable bonds is 0. The maximum Gasteiger partial charge on any atom is -0.0315 e. The lowest BCUT2D eigenvalue weighted by Gasteiger charge is -2.19. The normalized spacial score (nSPS) is 26.7. The maximum absolute atomic E-state index is 1.83. The van der Waals surface area contributed by atoms with Crippen molar-refractivity contribution in [2.45, 2.75) is 44.9 Å². The van der Waals surface area contributed by atoms with Gasteiger partial charge in [0.2, 0.25) is 0 Å². The summed E-state index contributed by atoms with van der Waals surface area (Å²) in [6, 6.07) is 0. The molecule has 0 radical (unpaired) electrons. The van der Waals surface area contributed by atoms with Crippen molar-refractivity contribution in [1.29, 1.82) is 0 Å². The smallest absolute Gasteiger partial charge is 0.0315 e. The van der Waals surface area contributed by atoms with E-state index in [1.165, 1.54) is 44.9 Å². The van der Waals surface area contributed by atoms with E-state index in [-0.39, 0.29) is 0 Å². The molecule has 0 N–H and O–H groups in total. The highest BCUT2D eigenvalue weighted by Crippen LogP contribution is 2.36. The Bertz CT molecular complexity index is 128. The first-order valence-electron chi connectivity index (χ1n) is 4.16. The van der Waals surface area contributed by atoms with Crippen LogP contribution in [0.4, 0.5) is 0 Å². The molecule has 0 aromatic carbocycles. The van der Waals surface area contributed by atoms with Crippen LogP contribution in [0, 0.1) is 0 Å². The predicted molar refractivity (Wildman–Crippen MR) is 39.3 cm³/mol. The number of hydrogen-bond acceptors (Lipinski definition) is 0. The molecule has 0 atom stereocenters. The van der Waals surface area contributed by atoms with Gasteiger partial charge in [-0.05, 0) is 44.9 Å². The summed E-state index contributed by atoms with van der Waals surface area (Å²) in [6.45, 7) is 0. The van der Waals surface area contributed by atoms with Crippen LogP contribution in [0.25, 0.3) is 0 Å². The fraction of sp³-hybridized carbons (Fsp3) is 0.778. The molecule has 2 aliphatic rings. The second-order valence-corrected chi connectivity index (χ2v) is 3.27. The molecule has 0 unspecified atom stereocenters. The summed E-state index contributed by atoms with van der Waals surface area (Å²) in [5.41, 5.74) is 3.66. The molecule has 0 heteroatoms. The minimum atomic E-state index is 1.44. The molecular weight excluding hydrogens is 108 g/mol. The first-order chi connectivity index (χ1) is 4.47. The molecular formula is C9H14. The lowest BCUT2D eigenvalue weighted by atomic mass is 9.87. The monoisotopic (exact) mass is 122 g/mol. The Morgan fingerprint density at radius 2 is 1.00 bits per heavy atom. The molecule has 0 nitrogen and oxygen atoms in total. The van der Waals surface area contributed by atoms with Crippen LogP contribution in [0.2, 0.25) is 0 Å². The molecule has 2 rings (SSSR count). The van der Waals surface area contributed by atoms with E-state index >= 15 is 0 Å². The van der Waals surface area contributed by atoms with Crippen LogP contribution < -0.4 is 0 Å². The average Bonchev–Trinajstić information content (AvgIpc) is 2.11. The summed E-state index contributed by atoms with van der Waals surface area (Å²) in [5.74, 6) is 0. The van der Waals surface area contributed by atoms with E-state index in [0.29, 0.717) is 0 Å². The van der Waals surface area contributed by atoms with Crippen LogP contribution in [0.1, 0.15) is 44.9 Å². The Hall–Kier alpha value is -0.260. The Kier molecular flexibility index (Phi) is 1.33. The summed E-state index contributed by atoms with van der Waals surface area (Å²) in [7, 11) is 0. The van der Waals surface area contributed by atoms with E-state index in [9.17, 15) is 0 Å². The largest absolute Gasteiger partial charge is 0.0710 e. The molecule has 0 heterocycles. The van der Waals surface area contributed by atoms with Gasteiger partial charge in [-0.2, -0.15) is 0 Å². The molecule has 0 aromatic rings. The molecule has 50 valence electrons. The first kappa shape index (κ1) is 5.52. The number of allylic oxidation sites excluding steroid dienone is 2. The zero-order valence-corrected chi connectivity index (χ0v) is 5.95. The van der Waals surface area contributed by atoms with Gasteiger partial charge in [-0.15, -0.1) is 0 Å². The minimum Gasteiger partial charge on any atom is -0.0710 e. The quantitative estimate of drug-likeness (QED) is 0.433. The second kappa shape index (κ2) is 2.17. The van der Waals surface area contributed by atoms with Crippen LogP contribution in [-0.2, 0) is 0 Å². The van der Waals surface area contributed by atoms with Crippen LogP contribution in [0.5, 0.6) is 0 Å². The molecule has 2 fully saturated rings. The van der Waals surface area contributed by atoms with E-state index < -0.39 is 0 Å². The molecule has 0 saturated heterocycles. The fourth-order valence-electron chi connectivity index (χ4n) is 1.86. The van der Waals surface area contributed by atoms with Gasteiger partial charge in [0.05, 0.1) is 0 Å². The van der Waals surface area contributed by atoms with Gasteiger partial charge in [0.15, 0.2) is 0 Å². The van der Waals surface area contributed by atoms with Gasteiger partial charge < -0.3 is 0 Å². The van der Waals surface area contributed by atoms with Gasteiger partial charge in [-0.25, -0.2) is 0 Å². The topological polar surface area (TPSA) is 0 Å². The van der Waals surface area contributed by atoms with Gasteiger partial charge in [-0.1, -0.05) is 11.1 Å². The third-order valence-electron chi connectivity index (χ3n) is 2.66. The van der Waals surface area contributed by atoms with Crippen molar-refractivity contribution in [2.24, 2.45) is 0 Å². The van der Waals surface area contributed by atoms with E-state index in [4.69, 9.17) is 0 Å². The Morgan fingerprint density at radius 3 is 1.33 bits per heavy atom. The van der Waals surface area contributed by atoms with Crippen LogP contribution >= 0.6 is 0 Å². The van der Waals surface area contributed by atoms with Gasteiger partial charge >= 0.3 is 0 Å². The molecule has 9 heavy (non-hydrogen) atoms. The molecule has 0 aromatic heterocycles. The standard InChI is InChI=1S/C9H14/c1-2-5-8(4-1)9-6-3-7-9/h1-7H2. The highest BCUT2D eigenvalue weighted by atomic mass is 14.2. The second-order valence-electron chi connectivity index (χ2n) is 3.27. The first-order valence-corrected chi connectivity index (χ1v) is 4.16. The summed E-state index contributed by atoms with van der Waals surface area (Å²) in [6.07, 6.45) is 10.2. The lowest BCUT2D eigenvalue weighted by molar-refractivity contribution is 0.644. The van der Waals surface area contributed by atoms with Crippen LogP contribution in [-0.4, -0.2) is 0 Å². The Labute approximate surface area is 57.0 Å². The molecule has 2 aliphatic carbocycles. The molecule has 0 aliphatic heterocycles. The molecule has 0 bridgehead atoms. The molecule has 0 spiro atoms. The zero-order chi connectivity index (χ0) is 6.10. The van der Waals surface area contributed by atoms with Crippen molar-refractivity contribution in [3.63, 3.8) is 0 Å². The van der Waals surface area contributed by atoms with E-state index in [1.54, 1.807) is 0 Å². The highest BCUT2D eigenvalue weighted by Gasteiger charge is 2.16. The zero-order valence-electron chi connectivity index (χ0n) is 5.95. The minimum absolute atomic E-state index is 1.44. The van der Waals surface area contributed by atoms with Crippen molar-refractivity contribution < 1.29 is 0 Å². The van der Waals surface area contributed by atoms with Gasteiger partial charge in [0.1, 0.15) is 0 Å². The SMILES string of the molecule is C1CCC(=C2CCC2)C1. The van der Waals surface area contributed by atoms with Crippen LogP contribution in [0.15, 0.2) is 11.1 Å². The molecule has 0 amide bonds. The van der Waals surface area contributed by atoms with Crippen molar-refractivity contribution >= 4 is 0 Å². The Balaban J connectivity index is 2.08. The van der Waals surface area contributed by atoms with Crippen molar-refractivity contribution in [3.05, 3.63) is 11.1 Å². The van der Waals surface area contributed by atoms with Crippen molar-refractivity contribution in [2.75, 3.05) is 0 Å².